The number of nitrogens with one attached hydrogen (secondary N) is 2. The second-order valence-electron chi connectivity index (χ2n) is 6.64. The summed E-state index contributed by atoms with van der Waals surface area (Å²) in [6.07, 6.45) is 0. The summed E-state index contributed by atoms with van der Waals surface area (Å²) in [4.78, 5) is 23.5. The van der Waals surface area contributed by atoms with Gasteiger partial charge in [-0.05, 0) is 42.8 Å². The summed E-state index contributed by atoms with van der Waals surface area (Å²) in [6, 6.07) is 12.4. The third kappa shape index (κ3) is 5.34. The molecule has 0 fully saturated rings. The molecule has 9 heteroatoms. The molecule has 3 rings (SSSR count). The van der Waals surface area contributed by atoms with Crippen molar-refractivity contribution in [3.05, 3.63) is 77.4 Å². The van der Waals surface area contributed by atoms with Gasteiger partial charge < -0.3 is 26.2 Å². The zero-order valence-corrected chi connectivity index (χ0v) is 16.4. The number of hydrogen-bond acceptors (Lipinski definition) is 5. The van der Waals surface area contributed by atoms with Gasteiger partial charge in [0.1, 0.15) is 35.3 Å². The van der Waals surface area contributed by atoms with E-state index < -0.39 is 30.1 Å². The van der Waals surface area contributed by atoms with Crippen molar-refractivity contribution in [3.63, 3.8) is 0 Å². The molecule has 0 heterocycles. The molecular formula is C22H19F2N3O4. The molecule has 0 unspecified atom stereocenters. The Morgan fingerprint density at radius 3 is 2.52 bits per heavy atom. The van der Waals surface area contributed by atoms with Crippen LogP contribution < -0.4 is 21.1 Å². The number of aliphatic hydroxyl groups excluding tert-OH is 1. The fourth-order valence-electron chi connectivity index (χ4n) is 2.85. The number of hydrogen-bond donors (Lipinski definition) is 4. The summed E-state index contributed by atoms with van der Waals surface area (Å²) in [7, 11) is 0. The molecule has 7 nitrogen and oxygen atoms in total. The number of ether oxygens (including phenoxy) is 1. The SMILES string of the molecule is Cc1ccc(Nc2cc(F)cc(Oc3cccc(NC(=O)CO)c3)c2C(N)=O)c(F)c1. The summed E-state index contributed by atoms with van der Waals surface area (Å²) in [5.74, 6) is -2.93. The van der Waals surface area contributed by atoms with E-state index in [2.05, 4.69) is 10.6 Å². The van der Waals surface area contributed by atoms with Crippen LogP contribution in [0.5, 0.6) is 11.5 Å². The molecule has 3 aromatic rings. The average Bonchev–Trinajstić information content (AvgIpc) is 2.69. The van der Waals surface area contributed by atoms with Crippen LogP contribution in [0.2, 0.25) is 0 Å². The lowest BCUT2D eigenvalue weighted by atomic mass is 10.1. The van der Waals surface area contributed by atoms with Crippen LogP contribution in [0.3, 0.4) is 0 Å². The minimum absolute atomic E-state index is 0.0263. The molecule has 0 saturated heterocycles. The third-order valence-electron chi connectivity index (χ3n) is 4.20. The van der Waals surface area contributed by atoms with E-state index >= 15 is 0 Å². The van der Waals surface area contributed by atoms with Crippen molar-refractivity contribution < 1.29 is 28.2 Å². The van der Waals surface area contributed by atoms with Crippen LogP contribution in [0.4, 0.5) is 25.8 Å². The van der Waals surface area contributed by atoms with Crippen molar-refractivity contribution in [2.45, 2.75) is 6.92 Å². The summed E-state index contributed by atoms with van der Waals surface area (Å²) >= 11 is 0. The maximum atomic E-state index is 14.3. The molecule has 0 aliphatic carbocycles. The zero-order chi connectivity index (χ0) is 22.5. The standard InChI is InChI=1S/C22H19F2N3O4/c1-12-5-6-17(16(24)7-12)27-18-8-13(23)9-19(21(18)22(25)30)31-15-4-2-3-14(10-15)26-20(29)11-28/h2-10,27-28H,11H2,1H3,(H2,25,30)(H,26,29). The van der Waals surface area contributed by atoms with Crippen molar-refractivity contribution in [1.82, 2.24) is 0 Å². The van der Waals surface area contributed by atoms with E-state index in [1.54, 1.807) is 25.1 Å². The van der Waals surface area contributed by atoms with Crippen LogP contribution in [-0.2, 0) is 4.79 Å². The van der Waals surface area contributed by atoms with Crippen LogP contribution in [0, 0.1) is 18.6 Å². The minimum Gasteiger partial charge on any atom is -0.456 e. The number of rotatable bonds is 7. The number of primary amides is 1. The zero-order valence-electron chi connectivity index (χ0n) is 16.4. The Hall–Kier alpha value is -3.98. The molecule has 160 valence electrons. The first-order valence-electron chi connectivity index (χ1n) is 9.12. The highest BCUT2D eigenvalue weighted by molar-refractivity contribution is 6.02. The van der Waals surface area contributed by atoms with Crippen LogP contribution in [0.15, 0.2) is 54.6 Å². The minimum atomic E-state index is -0.922. The van der Waals surface area contributed by atoms with Gasteiger partial charge in [0, 0.05) is 17.8 Å². The number of amides is 2. The Kier molecular flexibility index (Phi) is 6.46. The smallest absolute Gasteiger partial charge is 0.254 e. The maximum absolute atomic E-state index is 14.3. The van der Waals surface area contributed by atoms with Crippen molar-refractivity contribution >= 4 is 28.9 Å². The highest BCUT2D eigenvalue weighted by Crippen LogP contribution is 2.34. The predicted octanol–water partition coefficient (Wildman–Crippen LogP) is 3.84. The molecular weight excluding hydrogens is 408 g/mol. The fraction of sp³-hybridized carbons (Fsp3) is 0.0909. The predicted molar refractivity (Wildman–Crippen MR) is 112 cm³/mol. The Morgan fingerprint density at radius 2 is 1.84 bits per heavy atom. The van der Waals surface area contributed by atoms with Crippen LogP contribution in [0.1, 0.15) is 15.9 Å². The number of aryl methyl sites for hydroxylation is 1. The number of nitrogens with two attached hydrogens (primary N) is 1. The van der Waals surface area contributed by atoms with Gasteiger partial charge in [0.15, 0.2) is 0 Å². The Labute approximate surface area is 176 Å². The van der Waals surface area contributed by atoms with Gasteiger partial charge in [0.05, 0.1) is 11.4 Å². The van der Waals surface area contributed by atoms with Gasteiger partial charge in [-0.1, -0.05) is 12.1 Å². The molecule has 0 spiro atoms. The largest absolute Gasteiger partial charge is 0.456 e. The van der Waals surface area contributed by atoms with E-state index in [1.807, 2.05) is 0 Å². The molecule has 0 radical (unpaired) electrons. The highest BCUT2D eigenvalue weighted by atomic mass is 19.1. The summed E-state index contributed by atoms with van der Waals surface area (Å²) < 4.78 is 34.2. The lowest BCUT2D eigenvalue weighted by Crippen LogP contribution is -2.16. The maximum Gasteiger partial charge on any atom is 0.254 e. The third-order valence-corrected chi connectivity index (χ3v) is 4.20. The monoisotopic (exact) mass is 427 g/mol. The number of anilines is 3. The van der Waals surface area contributed by atoms with Crippen molar-refractivity contribution in [1.29, 1.82) is 0 Å². The van der Waals surface area contributed by atoms with Crippen LogP contribution in [-0.4, -0.2) is 23.5 Å². The molecule has 0 saturated carbocycles. The van der Waals surface area contributed by atoms with Gasteiger partial charge in [0.25, 0.3) is 5.91 Å². The summed E-state index contributed by atoms with van der Waals surface area (Å²) in [5, 5.41) is 14.0. The molecule has 5 N–H and O–H groups in total. The summed E-state index contributed by atoms with van der Waals surface area (Å²) in [5.41, 5.74) is 6.26. The van der Waals surface area contributed by atoms with E-state index in [0.717, 1.165) is 12.1 Å². The average molecular weight is 427 g/mol. The van der Waals surface area contributed by atoms with Gasteiger partial charge in [-0.2, -0.15) is 0 Å². The first-order valence-corrected chi connectivity index (χ1v) is 9.12. The van der Waals surface area contributed by atoms with Gasteiger partial charge in [0.2, 0.25) is 5.91 Å². The number of carbonyl (C=O) groups is 2. The van der Waals surface area contributed by atoms with E-state index in [9.17, 15) is 18.4 Å². The number of halogens is 2. The van der Waals surface area contributed by atoms with Crippen molar-refractivity contribution in [3.8, 4) is 11.5 Å². The molecule has 0 aliphatic rings. The number of carbonyl (C=O) groups excluding carboxylic acids is 2. The first-order chi connectivity index (χ1) is 14.8. The lowest BCUT2D eigenvalue weighted by Gasteiger charge is -2.16. The van der Waals surface area contributed by atoms with Gasteiger partial charge in [-0.15, -0.1) is 0 Å². The topological polar surface area (TPSA) is 114 Å². The molecule has 3 aromatic carbocycles. The summed E-state index contributed by atoms with van der Waals surface area (Å²) in [6.45, 7) is 1.01. The first kappa shape index (κ1) is 21.7. The second kappa shape index (κ2) is 9.23. The fourth-order valence-corrected chi connectivity index (χ4v) is 2.85. The van der Waals surface area contributed by atoms with Crippen molar-refractivity contribution in [2.24, 2.45) is 5.73 Å². The van der Waals surface area contributed by atoms with E-state index in [4.69, 9.17) is 15.6 Å². The second-order valence-corrected chi connectivity index (χ2v) is 6.64. The molecule has 0 bridgehead atoms. The van der Waals surface area contributed by atoms with Gasteiger partial charge >= 0.3 is 0 Å². The molecule has 0 aromatic heterocycles. The van der Waals surface area contributed by atoms with Crippen molar-refractivity contribution in [2.75, 3.05) is 17.2 Å². The molecule has 0 atom stereocenters. The molecule has 31 heavy (non-hydrogen) atoms. The lowest BCUT2D eigenvalue weighted by molar-refractivity contribution is -0.118. The van der Waals surface area contributed by atoms with Crippen LogP contribution in [0.25, 0.3) is 0 Å². The highest BCUT2D eigenvalue weighted by Gasteiger charge is 2.19. The van der Waals surface area contributed by atoms with Crippen LogP contribution >= 0.6 is 0 Å². The number of aliphatic hydroxyl groups is 1. The molecule has 2 amide bonds. The normalized spacial score (nSPS) is 10.5. The van der Waals surface area contributed by atoms with E-state index in [1.165, 1.54) is 24.3 Å². The van der Waals surface area contributed by atoms with E-state index in [-0.39, 0.29) is 28.4 Å². The number of benzene rings is 3. The Balaban J connectivity index is 1.98. The molecule has 0 aliphatic heterocycles. The quantitative estimate of drug-likeness (QED) is 0.458. The Bertz CT molecular complexity index is 1150. The Morgan fingerprint density at radius 1 is 1.06 bits per heavy atom. The van der Waals surface area contributed by atoms with E-state index in [0.29, 0.717) is 11.3 Å². The van der Waals surface area contributed by atoms with Gasteiger partial charge in [-0.3, -0.25) is 9.59 Å². The van der Waals surface area contributed by atoms with Gasteiger partial charge in [-0.25, -0.2) is 8.78 Å².